The van der Waals surface area contributed by atoms with E-state index in [-0.39, 0.29) is 12.0 Å². The number of hydrogen-bond donors (Lipinski definition) is 1. The van der Waals surface area contributed by atoms with Gasteiger partial charge < -0.3 is 10.6 Å². The lowest BCUT2D eigenvalue weighted by Crippen LogP contribution is -2.57. The lowest BCUT2D eigenvalue weighted by atomic mass is 9.76. The number of piperazine rings is 1. The fourth-order valence-electron chi connectivity index (χ4n) is 3.68. The Morgan fingerprint density at radius 2 is 2.05 bits per heavy atom. The topological polar surface area (TPSA) is 49.6 Å². The number of carbonyl (C=O) groups is 1. The summed E-state index contributed by atoms with van der Waals surface area (Å²) in [7, 11) is 2.16. The summed E-state index contributed by atoms with van der Waals surface area (Å²) in [6.45, 7) is 7.11. The number of nitrogens with two attached hydrogens (primary N) is 1. The molecule has 4 heteroatoms. The van der Waals surface area contributed by atoms with Gasteiger partial charge in [-0.05, 0) is 32.2 Å². The Bertz CT molecular complexity index is 311. The molecule has 2 N–H and O–H groups in total. The normalized spacial score (nSPS) is 37.4. The molecule has 0 spiro atoms. The van der Waals surface area contributed by atoms with E-state index in [0.717, 1.165) is 38.9 Å². The minimum absolute atomic E-state index is 0.0506. The van der Waals surface area contributed by atoms with Gasteiger partial charge in [0.15, 0.2) is 0 Å². The van der Waals surface area contributed by atoms with Crippen LogP contribution in [0.4, 0.5) is 0 Å². The molecule has 110 valence electrons. The van der Waals surface area contributed by atoms with Crippen LogP contribution < -0.4 is 5.73 Å². The van der Waals surface area contributed by atoms with Gasteiger partial charge in [0.05, 0.1) is 5.92 Å². The van der Waals surface area contributed by atoms with E-state index in [4.69, 9.17) is 5.73 Å². The highest BCUT2D eigenvalue weighted by molar-refractivity contribution is 5.80. The van der Waals surface area contributed by atoms with Gasteiger partial charge in [0.1, 0.15) is 0 Å². The molecule has 4 nitrogen and oxygen atoms in total. The maximum absolute atomic E-state index is 12.8. The van der Waals surface area contributed by atoms with E-state index < -0.39 is 0 Å². The van der Waals surface area contributed by atoms with Gasteiger partial charge in [0.2, 0.25) is 5.91 Å². The second kappa shape index (κ2) is 6.23. The number of likely N-dealkylation sites (N-methyl/N-ethyl adjacent to an activating group) is 1. The van der Waals surface area contributed by atoms with E-state index in [2.05, 4.69) is 30.7 Å². The smallest absolute Gasteiger partial charge is 0.227 e. The number of nitrogens with zero attached hydrogens (tertiary/aromatic N) is 2. The largest absolute Gasteiger partial charge is 0.340 e. The molecule has 4 unspecified atom stereocenters. The van der Waals surface area contributed by atoms with Gasteiger partial charge in [-0.2, -0.15) is 0 Å². The molecule has 0 aromatic rings. The first-order chi connectivity index (χ1) is 9.04. The highest BCUT2D eigenvalue weighted by Crippen LogP contribution is 2.31. The molecule has 0 radical (unpaired) electrons. The van der Waals surface area contributed by atoms with Gasteiger partial charge in [-0.25, -0.2) is 0 Å². The van der Waals surface area contributed by atoms with Crippen molar-refractivity contribution in [2.24, 2.45) is 17.6 Å². The summed E-state index contributed by atoms with van der Waals surface area (Å²) in [5.41, 5.74) is 6.21. The highest BCUT2D eigenvalue weighted by atomic mass is 16.2. The maximum atomic E-state index is 12.8. The Morgan fingerprint density at radius 1 is 1.32 bits per heavy atom. The summed E-state index contributed by atoms with van der Waals surface area (Å²) in [6.07, 6.45) is 4.43. The van der Waals surface area contributed by atoms with E-state index in [1.165, 1.54) is 6.42 Å². The fraction of sp³-hybridized carbons (Fsp3) is 0.933. The average molecular weight is 267 g/mol. The van der Waals surface area contributed by atoms with Crippen LogP contribution in [0.2, 0.25) is 0 Å². The summed E-state index contributed by atoms with van der Waals surface area (Å²) in [6, 6.07) is 0.573. The summed E-state index contributed by atoms with van der Waals surface area (Å²) < 4.78 is 0. The van der Waals surface area contributed by atoms with E-state index in [9.17, 15) is 4.79 Å². The van der Waals surface area contributed by atoms with Crippen molar-refractivity contribution in [1.29, 1.82) is 0 Å². The van der Waals surface area contributed by atoms with Crippen LogP contribution in [0.15, 0.2) is 0 Å². The highest BCUT2D eigenvalue weighted by Gasteiger charge is 2.38. The van der Waals surface area contributed by atoms with E-state index >= 15 is 0 Å². The van der Waals surface area contributed by atoms with Crippen LogP contribution in [0, 0.1) is 11.8 Å². The first kappa shape index (κ1) is 14.8. The summed E-state index contributed by atoms with van der Waals surface area (Å²) >= 11 is 0. The second-order valence-electron chi connectivity index (χ2n) is 6.42. The molecule has 2 aliphatic rings. The van der Waals surface area contributed by atoms with Crippen molar-refractivity contribution in [1.82, 2.24) is 9.80 Å². The molecule has 1 saturated heterocycles. The number of hydrogen-bond acceptors (Lipinski definition) is 3. The monoisotopic (exact) mass is 267 g/mol. The number of rotatable bonds is 2. The van der Waals surface area contributed by atoms with Crippen LogP contribution in [-0.4, -0.2) is 54.5 Å². The van der Waals surface area contributed by atoms with Gasteiger partial charge in [-0.15, -0.1) is 0 Å². The van der Waals surface area contributed by atoms with E-state index in [1.807, 2.05) is 0 Å². The van der Waals surface area contributed by atoms with Crippen LogP contribution >= 0.6 is 0 Å². The van der Waals surface area contributed by atoms with Crippen molar-refractivity contribution in [3.63, 3.8) is 0 Å². The molecule has 19 heavy (non-hydrogen) atoms. The molecule has 0 bridgehead atoms. The Hall–Kier alpha value is -0.610. The van der Waals surface area contributed by atoms with Crippen LogP contribution in [-0.2, 0) is 4.79 Å². The zero-order valence-electron chi connectivity index (χ0n) is 12.6. The quantitative estimate of drug-likeness (QED) is 0.820. The van der Waals surface area contributed by atoms with Gasteiger partial charge in [-0.1, -0.05) is 20.3 Å². The molecule has 1 heterocycles. The fourth-order valence-corrected chi connectivity index (χ4v) is 3.68. The predicted octanol–water partition coefficient (Wildman–Crippen LogP) is 1.30. The zero-order valence-corrected chi connectivity index (χ0v) is 12.6. The van der Waals surface area contributed by atoms with Gasteiger partial charge in [0, 0.05) is 31.7 Å². The third-order valence-electron chi connectivity index (χ3n) is 5.12. The van der Waals surface area contributed by atoms with Gasteiger partial charge in [0.25, 0.3) is 0 Å². The SMILES string of the molecule is CCC1CN(C(=O)C2C(C)CCCC2N)CCN1C. The minimum Gasteiger partial charge on any atom is -0.340 e. The molecule has 0 aromatic carbocycles. The zero-order chi connectivity index (χ0) is 14.0. The van der Waals surface area contributed by atoms with Gasteiger partial charge in [-0.3, -0.25) is 9.69 Å². The van der Waals surface area contributed by atoms with Crippen LogP contribution in [0.3, 0.4) is 0 Å². The molecule has 2 rings (SSSR count). The van der Waals surface area contributed by atoms with Crippen molar-refractivity contribution in [3.05, 3.63) is 0 Å². The lowest BCUT2D eigenvalue weighted by molar-refractivity contribution is -0.141. The molecule has 1 aliphatic carbocycles. The lowest BCUT2D eigenvalue weighted by Gasteiger charge is -2.43. The summed E-state index contributed by atoms with van der Waals surface area (Å²) in [5, 5.41) is 0. The minimum atomic E-state index is 0.0506. The standard InChI is InChI=1S/C15H29N3O/c1-4-12-10-18(9-8-17(12)3)15(19)14-11(2)6-5-7-13(14)16/h11-14H,4-10,16H2,1-3H3. The first-order valence-electron chi connectivity index (χ1n) is 7.79. The van der Waals surface area contributed by atoms with Gasteiger partial charge >= 0.3 is 0 Å². The molecule has 1 amide bonds. The molecular weight excluding hydrogens is 238 g/mol. The number of amides is 1. The molecule has 4 atom stereocenters. The first-order valence-corrected chi connectivity index (χ1v) is 7.79. The summed E-state index contributed by atoms with van der Waals surface area (Å²) in [5.74, 6) is 0.803. The van der Waals surface area contributed by atoms with Crippen molar-refractivity contribution >= 4 is 5.91 Å². The van der Waals surface area contributed by atoms with Crippen LogP contribution in [0.1, 0.15) is 39.5 Å². The molecule has 2 fully saturated rings. The van der Waals surface area contributed by atoms with E-state index in [0.29, 0.717) is 17.9 Å². The molecular formula is C15H29N3O. The van der Waals surface area contributed by atoms with Crippen LogP contribution in [0.5, 0.6) is 0 Å². The Balaban J connectivity index is 2.02. The Kier molecular flexibility index (Phi) is 4.85. The van der Waals surface area contributed by atoms with E-state index in [1.54, 1.807) is 0 Å². The predicted molar refractivity (Wildman–Crippen MR) is 77.8 cm³/mol. The third-order valence-corrected chi connectivity index (χ3v) is 5.12. The Morgan fingerprint density at radius 3 is 2.68 bits per heavy atom. The second-order valence-corrected chi connectivity index (χ2v) is 6.42. The Labute approximate surface area is 117 Å². The third kappa shape index (κ3) is 3.11. The average Bonchev–Trinajstić information content (AvgIpc) is 2.39. The summed E-state index contributed by atoms with van der Waals surface area (Å²) in [4.78, 5) is 17.2. The van der Waals surface area contributed by atoms with Crippen molar-refractivity contribution in [3.8, 4) is 0 Å². The van der Waals surface area contributed by atoms with Crippen molar-refractivity contribution < 1.29 is 4.79 Å². The molecule has 1 aliphatic heterocycles. The van der Waals surface area contributed by atoms with Crippen molar-refractivity contribution in [2.75, 3.05) is 26.7 Å². The number of carbonyl (C=O) groups excluding carboxylic acids is 1. The molecule has 0 aromatic heterocycles. The van der Waals surface area contributed by atoms with Crippen molar-refractivity contribution in [2.45, 2.75) is 51.6 Å². The molecule has 1 saturated carbocycles. The van der Waals surface area contributed by atoms with Crippen LogP contribution in [0.25, 0.3) is 0 Å². The maximum Gasteiger partial charge on any atom is 0.227 e.